The largest absolute Gasteiger partial charge is 0.481 e. The number of anilines is 1. The predicted molar refractivity (Wildman–Crippen MR) is 58.6 cm³/mol. The fourth-order valence-corrected chi connectivity index (χ4v) is 1.25. The zero-order valence-electron chi connectivity index (χ0n) is 8.77. The number of nitrogens with one attached hydrogen (secondary N) is 1. The monoisotopic (exact) mass is 224 g/mol. The Kier molecular flexibility index (Phi) is 3.82. The molecule has 0 amide bonds. The minimum absolute atomic E-state index is 0.0367. The highest BCUT2D eigenvalue weighted by Crippen LogP contribution is 2.24. The molecule has 0 aliphatic carbocycles. The number of nitro benzene ring substituents is 1. The quantitative estimate of drug-likeness (QED) is 0.587. The van der Waals surface area contributed by atoms with E-state index in [-0.39, 0.29) is 18.7 Å². The Morgan fingerprint density at radius 1 is 1.56 bits per heavy atom. The molecule has 6 heteroatoms. The summed E-state index contributed by atoms with van der Waals surface area (Å²) in [6.45, 7) is 1.92. The zero-order chi connectivity index (χ0) is 12.1. The molecule has 0 saturated heterocycles. The van der Waals surface area contributed by atoms with Crippen LogP contribution in [0.5, 0.6) is 0 Å². The number of aryl methyl sites for hydroxylation is 1. The van der Waals surface area contributed by atoms with Gasteiger partial charge >= 0.3 is 5.97 Å². The molecule has 0 unspecified atom stereocenters. The lowest BCUT2D eigenvalue weighted by Gasteiger charge is -2.05. The van der Waals surface area contributed by atoms with Gasteiger partial charge in [-0.1, -0.05) is 6.07 Å². The van der Waals surface area contributed by atoms with E-state index in [1.807, 2.05) is 0 Å². The fourth-order valence-electron chi connectivity index (χ4n) is 1.25. The van der Waals surface area contributed by atoms with Gasteiger partial charge in [0.2, 0.25) is 0 Å². The van der Waals surface area contributed by atoms with Crippen molar-refractivity contribution in [2.45, 2.75) is 13.3 Å². The molecule has 0 heterocycles. The minimum Gasteiger partial charge on any atom is -0.481 e. The molecule has 1 rings (SSSR count). The van der Waals surface area contributed by atoms with E-state index in [1.54, 1.807) is 19.1 Å². The maximum Gasteiger partial charge on any atom is 0.305 e. The van der Waals surface area contributed by atoms with Crippen LogP contribution in [0, 0.1) is 17.0 Å². The highest BCUT2D eigenvalue weighted by atomic mass is 16.6. The van der Waals surface area contributed by atoms with Crippen LogP contribution in [-0.4, -0.2) is 22.5 Å². The van der Waals surface area contributed by atoms with Crippen molar-refractivity contribution in [1.29, 1.82) is 0 Å². The molecule has 0 aliphatic rings. The molecule has 1 aromatic rings. The SMILES string of the molecule is Cc1ccc(NCCC(=O)O)c([N+](=O)[O-])c1. The van der Waals surface area contributed by atoms with Gasteiger partial charge in [0.25, 0.3) is 5.69 Å². The van der Waals surface area contributed by atoms with Crippen molar-refractivity contribution >= 4 is 17.3 Å². The van der Waals surface area contributed by atoms with Gasteiger partial charge in [0.05, 0.1) is 11.3 Å². The van der Waals surface area contributed by atoms with E-state index in [9.17, 15) is 14.9 Å². The van der Waals surface area contributed by atoms with Crippen molar-refractivity contribution in [3.63, 3.8) is 0 Å². The number of nitro groups is 1. The van der Waals surface area contributed by atoms with Crippen LogP contribution in [0.3, 0.4) is 0 Å². The van der Waals surface area contributed by atoms with Crippen molar-refractivity contribution in [2.75, 3.05) is 11.9 Å². The highest BCUT2D eigenvalue weighted by Gasteiger charge is 2.13. The second kappa shape index (κ2) is 5.11. The van der Waals surface area contributed by atoms with Crippen LogP contribution in [0.15, 0.2) is 18.2 Å². The number of hydrogen-bond donors (Lipinski definition) is 2. The third kappa shape index (κ3) is 3.23. The summed E-state index contributed by atoms with van der Waals surface area (Å²) in [4.78, 5) is 20.5. The van der Waals surface area contributed by atoms with Crippen molar-refractivity contribution in [3.05, 3.63) is 33.9 Å². The van der Waals surface area contributed by atoms with E-state index in [0.29, 0.717) is 5.69 Å². The minimum atomic E-state index is -0.942. The van der Waals surface area contributed by atoms with E-state index in [4.69, 9.17) is 5.11 Å². The molecule has 16 heavy (non-hydrogen) atoms. The smallest absolute Gasteiger partial charge is 0.305 e. The van der Waals surface area contributed by atoms with Crippen molar-refractivity contribution in [1.82, 2.24) is 0 Å². The van der Waals surface area contributed by atoms with Gasteiger partial charge in [-0.3, -0.25) is 14.9 Å². The molecule has 1 aromatic carbocycles. The lowest BCUT2D eigenvalue weighted by atomic mass is 10.2. The first-order valence-corrected chi connectivity index (χ1v) is 4.71. The Morgan fingerprint density at radius 3 is 2.81 bits per heavy atom. The van der Waals surface area contributed by atoms with Gasteiger partial charge in [-0.15, -0.1) is 0 Å². The Bertz CT molecular complexity index is 417. The van der Waals surface area contributed by atoms with Crippen molar-refractivity contribution in [2.24, 2.45) is 0 Å². The second-order valence-electron chi connectivity index (χ2n) is 3.35. The van der Waals surface area contributed by atoms with Crippen LogP contribution in [0.2, 0.25) is 0 Å². The molecule has 0 fully saturated rings. The highest BCUT2D eigenvalue weighted by molar-refractivity contribution is 5.68. The summed E-state index contributed by atoms with van der Waals surface area (Å²) in [5, 5.41) is 21.9. The summed E-state index contributed by atoms with van der Waals surface area (Å²) in [6.07, 6.45) is -0.0783. The number of rotatable bonds is 5. The van der Waals surface area contributed by atoms with Crippen LogP contribution >= 0.6 is 0 Å². The maximum absolute atomic E-state index is 10.7. The number of nitrogens with zero attached hydrogens (tertiary/aromatic N) is 1. The second-order valence-corrected chi connectivity index (χ2v) is 3.35. The van der Waals surface area contributed by atoms with Crippen LogP contribution in [0.1, 0.15) is 12.0 Å². The van der Waals surface area contributed by atoms with Crippen LogP contribution < -0.4 is 5.32 Å². The molecule has 86 valence electrons. The van der Waals surface area contributed by atoms with Gasteiger partial charge in [-0.05, 0) is 18.6 Å². The Balaban J connectivity index is 2.78. The van der Waals surface area contributed by atoms with Gasteiger partial charge in [0.1, 0.15) is 5.69 Å². The zero-order valence-corrected chi connectivity index (χ0v) is 8.77. The van der Waals surface area contributed by atoms with Crippen molar-refractivity contribution in [3.8, 4) is 0 Å². The first kappa shape index (κ1) is 12.0. The van der Waals surface area contributed by atoms with Gasteiger partial charge in [-0.25, -0.2) is 0 Å². The van der Waals surface area contributed by atoms with E-state index in [1.165, 1.54) is 6.07 Å². The molecule has 6 nitrogen and oxygen atoms in total. The molecule has 0 bridgehead atoms. The first-order chi connectivity index (χ1) is 7.50. The molecular weight excluding hydrogens is 212 g/mol. The molecule has 0 saturated carbocycles. The number of carboxylic acid groups (broad SMARTS) is 1. The summed E-state index contributed by atoms with van der Waals surface area (Å²) >= 11 is 0. The normalized spacial score (nSPS) is 9.81. The van der Waals surface area contributed by atoms with Crippen LogP contribution in [0.4, 0.5) is 11.4 Å². The molecule has 0 atom stereocenters. The van der Waals surface area contributed by atoms with E-state index in [2.05, 4.69) is 5.32 Å². The molecule has 0 spiro atoms. The standard InChI is InChI=1S/C10H12N2O4/c1-7-2-3-8(9(6-7)12(15)16)11-5-4-10(13)14/h2-3,6,11H,4-5H2,1H3,(H,13,14). The Morgan fingerprint density at radius 2 is 2.25 bits per heavy atom. The summed E-state index contributed by atoms with van der Waals surface area (Å²) in [7, 11) is 0. The number of benzene rings is 1. The van der Waals surface area contributed by atoms with Crippen LogP contribution in [-0.2, 0) is 4.79 Å². The van der Waals surface area contributed by atoms with E-state index in [0.717, 1.165) is 5.56 Å². The summed E-state index contributed by atoms with van der Waals surface area (Å²) in [6, 6.07) is 4.76. The van der Waals surface area contributed by atoms with Gasteiger partial charge in [0, 0.05) is 12.6 Å². The Labute approximate surface area is 92.0 Å². The maximum atomic E-state index is 10.7. The molecule has 0 aliphatic heterocycles. The van der Waals surface area contributed by atoms with E-state index < -0.39 is 10.9 Å². The van der Waals surface area contributed by atoms with Crippen LogP contribution in [0.25, 0.3) is 0 Å². The molecular formula is C10H12N2O4. The summed E-state index contributed by atoms with van der Waals surface area (Å²) in [5.74, 6) is -0.942. The van der Waals surface area contributed by atoms with Crippen molar-refractivity contribution < 1.29 is 14.8 Å². The lowest BCUT2D eigenvalue weighted by Crippen LogP contribution is -2.08. The average Bonchev–Trinajstić information content (AvgIpc) is 2.19. The van der Waals surface area contributed by atoms with E-state index >= 15 is 0 Å². The molecule has 2 N–H and O–H groups in total. The molecule has 0 radical (unpaired) electrons. The number of carboxylic acids is 1. The third-order valence-electron chi connectivity index (χ3n) is 2.00. The fraction of sp³-hybridized carbons (Fsp3) is 0.300. The molecule has 0 aromatic heterocycles. The topological polar surface area (TPSA) is 92.5 Å². The van der Waals surface area contributed by atoms with Gasteiger partial charge in [0.15, 0.2) is 0 Å². The van der Waals surface area contributed by atoms with Gasteiger partial charge in [-0.2, -0.15) is 0 Å². The summed E-state index contributed by atoms with van der Waals surface area (Å²) < 4.78 is 0. The van der Waals surface area contributed by atoms with Gasteiger partial charge < -0.3 is 10.4 Å². The predicted octanol–water partition coefficient (Wildman–Crippen LogP) is 1.79. The third-order valence-corrected chi connectivity index (χ3v) is 2.00. The average molecular weight is 224 g/mol. The summed E-state index contributed by atoms with van der Waals surface area (Å²) in [5.41, 5.74) is 1.10. The number of hydrogen-bond acceptors (Lipinski definition) is 4. The number of carbonyl (C=O) groups is 1. The number of aliphatic carboxylic acids is 1. The Hall–Kier alpha value is -2.11. The lowest BCUT2D eigenvalue weighted by molar-refractivity contribution is -0.384. The first-order valence-electron chi connectivity index (χ1n) is 4.71.